The number of thiophene rings is 1. The molecule has 0 aromatic carbocycles. The minimum Gasteiger partial charge on any atom is -0.367 e. The molecule has 134 valence electrons. The average molecular weight is 392 g/mol. The lowest BCUT2D eigenvalue weighted by atomic mass is 10.5. The van der Waals surface area contributed by atoms with E-state index in [1.807, 2.05) is 0 Å². The van der Waals surface area contributed by atoms with Crippen molar-refractivity contribution in [1.29, 1.82) is 0 Å². The quantitative estimate of drug-likeness (QED) is 0.618. The highest BCUT2D eigenvalue weighted by atomic mass is 32.2. The van der Waals surface area contributed by atoms with Gasteiger partial charge in [0.2, 0.25) is 10.0 Å². The SMILES string of the molecule is O=S(=O)(NCCNc1ccc2nnc(C(F)(F)F)n2n1)c1cccs1. The zero-order valence-electron chi connectivity index (χ0n) is 12.4. The third kappa shape index (κ3) is 3.88. The summed E-state index contributed by atoms with van der Waals surface area (Å²) in [6.45, 7) is 0.168. The second-order valence-corrected chi connectivity index (χ2v) is 7.71. The van der Waals surface area contributed by atoms with Crippen LogP contribution in [0.25, 0.3) is 5.65 Å². The van der Waals surface area contributed by atoms with Crippen LogP contribution in [0.5, 0.6) is 0 Å². The normalized spacial score (nSPS) is 12.6. The first kappa shape index (κ1) is 17.6. The standard InChI is InChI=1S/C12H11F3N6O2S2/c13-12(14,15)11-19-18-9-4-3-8(20-21(9)11)16-5-6-17-25(22,23)10-2-1-7-24-10/h1-4,7,17H,5-6H2,(H,16,20). The minimum atomic E-state index is -4.68. The Morgan fingerprint density at radius 1 is 1.16 bits per heavy atom. The van der Waals surface area contributed by atoms with Gasteiger partial charge in [-0.3, -0.25) is 0 Å². The van der Waals surface area contributed by atoms with E-state index in [2.05, 4.69) is 25.3 Å². The molecule has 8 nitrogen and oxygen atoms in total. The molecule has 0 unspecified atom stereocenters. The van der Waals surface area contributed by atoms with Gasteiger partial charge in [0.15, 0.2) is 5.65 Å². The molecule has 0 aliphatic heterocycles. The van der Waals surface area contributed by atoms with Crippen LogP contribution < -0.4 is 10.0 Å². The van der Waals surface area contributed by atoms with Crippen LogP contribution in [0.1, 0.15) is 5.82 Å². The van der Waals surface area contributed by atoms with Gasteiger partial charge in [-0.2, -0.15) is 17.7 Å². The van der Waals surface area contributed by atoms with E-state index < -0.39 is 22.0 Å². The summed E-state index contributed by atoms with van der Waals surface area (Å²) in [5.74, 6) is -1.10. The van der Waals surface area contributed by atoms with Gasteiger partial charge in [-0.05, 0) is 23.6 Å². The Bertz CT molecular complexity index is 969. The van der Waals surface area contributed by atoms with Gasteiger partial charge in [0, 0.05) is 13.1 Å². The van der Waals surface area contributed by atoms with Crippen molar-refractivity contribution < 1.29 is 21.6 Å². The van der Waals surface area contributed by atoms with Gasteiger partial charge in [0.25, 0.3) is 5.82 Å². The largest absolute Gasteiger partial charge is 0.453 e. The molecule has 0 bridgehead atoms. The summed E-state index contributed by atoms with van der Waals surface area (Å²) in [6, 6.07) is 5.85. The summed E-state index contributed by atoms with van der Waals surface area (Å²) >= 11 is 1.08. The van der Waals surface area contributed by atoms with Crippen molar-refractivity contribution in [3.8, 4) is 0 Å². The Balaban J connectivity index is 1.64. The van der Waals surface area contributed by atoms with Crippen molar-refractivity contribution in [1.82, 2.24) is 24.5 Å². The lowest BCUT2D eigenvalue weighted by molar-refractivity contribution is -0.146. The molecule has 3 rings (SSSR count). The predicted molar refractivity (Wildman–Crippen MR) is 83.8 cm³/mol. The van der Waals surface area contributed by atoms with E-state index in [9.17, 15) is 21.6 Å². The Hall–Kier alpha value is -2.25. The number of anilines is 1. The fraction of sp³-hybridized carbons (Fsp3) is 0.250. The number of alkyl halides is 3. The molecule has 2 N–H and O–H groups in total. The first-order chi connectivity index (χ1) is 11.8. The molecule has 13 heteroatoms. The monoisotopic (exact) mass is 392 g/mol. The molecule has 3 heterocycles. The number of hydrogen-bond donors (Lipinski definition) is 2. The maximum absolute atomic E-state index is 12.8. The van der Waals surface area contributed by atoms with Gasteiger partial charge in [0.1, 0.15) is 10.0 Å². The number of rotatable bonds is 6. The van der Waals surface area contributed by atoms with Gasteiger partial charge in [-0.25, -0.2) is 13.1 Å². The van der Waals surface area contributed by atoms with Gasteiger partial charge in [0.05, 0.1) is 0 Å². The molecule has 0 atom stereocenters. The van der Waals surface area contributed by atoms with Gasteiger partial charge < -0.3 is 5.32 Å². The first-order valence-corrected chi connectivity index (χ1v) is 9.20. The second kappa shape index (κ2) is 6.57. The summed E-state index contributed by atoms with van der Waals surface area (Å²) in [4.78, 5) is 0. The van der Waals surface area contributed by atoms with E-state index in [-0.39, 0.29) is 28.8 Å². The summed E-state index contributed by atoms with van der Waals surface area (Å²) in [6.07, 6.45) is -4.68. The summed E-state index contributed by atoms with van der Waals surface area (Å²) in [5.41, 5.74) is -0.0451. The highest BCUT2D eigenvalue weighted by molar-refractivity contribution is 7.91. The zero-order valence-corrected chi connectivity index (χ0v) is 14.0. The number of aromatic nitrogens is 4. The van der Waals surface area contributed by atoms with Crippen LogP contribution in [-0.2, 0) is 16.2 Å². The van der Waals surface area contributed by atoms with Crippen molar-refractivity contribution in [2.75, 3.05) is 18.4 Å². The van der Waals surface area contributed by atoms with Crippen molar-refractivity contribution in [3.05, 3.63) is 35.5 Å². The lowest BCUT2D eigenvalue weighted by Crippen LogP contribution is -2.28. The van der Waals surface area contributed by atoms with Crippen LogP contribution in [0.4, 0.5) is 19.0 Å². The number of halogens is 3. The van der Waals surface area contributed by atoms with Crippen LogP contribution >= 0.6 is 11.3 Å². The molecule has 3 aromatic rings. The van der Waals surface area contributed by atoms with Crippen molar-refractivity contribution in [2.45, 2.75) is 10.4 Å². The highest BCUT2D eigenvalue weighted by Gasteiger charge is 2.37. The Labute approximate surface area is 143 Å². The Morgan fingerprint density at radius 2 is 1.96 bits per heavy atom. The molecule has 0 aliphatic carbocycles. The number of sulfonamides is 1. The fourth-order valence-corrected chi connectivity index (χ4v) is 3.99. The average Bonchev–Trinajstić information content (AvgIpc) is 3.20. The molecule has 0 amide bonds. The van der Waals surface area contributed by atoms with Crippen LogP contribution in [0.15, 0.2) is 33.9 Å². The van der Waals surface area contributed by atoms with E-state index in [0.29, 0.717) is 4.52 Å². The molecule has 0 spiro atoms. The molecule has 0 saturated carbocycles. The second-order valence-electron chi connectivity index (χ2n) is 4.77. The van der Waals surface area contributed by atoms with Crippen LogP contribution in [0, 0.1) is 0 Å². The Morgan fingerprint density at radius 3 is 2.64 bits per heavy atom. The third-order valence-electron chi connectivity index (χ3n) is 3.00. The van der Waals surface area contributed by atoms with Gasteiger partial charge in [-0.1, -0.05) is 6.07 Å². The Kier molecular flexibility index (Phi) is 4.62. The number of fused-ring (bicyclic) bond motifs is 1. The number of hydrogen-bond acceptors (Lipinski definition) is 7. The third-order valence-corrected chi connectivity index (χ3v) is 5.86. The van der Waals surface area contributed by atoms with Crippen LogP contribution in [0.3, 0.4) is 0 Å². The van der Waals surface area contributed by atoms with Gasteiger partial charge in [-0.15, -0.1) is 26.6 Å². The fourth-order valence-electron chi connectivity index (χ4n) is 1.92. The first-order valence-electron chi connectivity index (χ1n) is 6.84. The smallest absolute Gasteiger partial charge is 0.367 e. The van der Waals surface area contributed by atoms with E-state index in [1.165, 1.54) is 18.2 Å². The highest BCUT2D eigenvalue weighted by Crippen LogP contribution is 2.27. The van der Waals surface area contributed by atoms with Crippen LogP contribution in [-0.4, -0.2) is 41.3 Å². The number of nitrogens with one attached hydrogen (secondary N) is 2. The maximum Gasteiger partial charge on any atom is 0.453 e. The molecule has 0 fully saturated rings. The van der Waals surface area contributed by atoms with Crippen LogP contribution in [0.2, 0.25) is 0 Å². The molecular weight excluding hydrogens is 381 g/mol. The minimum absolute atomic E-state index is 0.0360. The molecule has 0 radical (unpaired) electrons. The van der Waals surface area contributed by atoms with E-state index in [1.54, 1.807) is 11.4 Å². The molecular formula is C12H11F3N6O2S2. The van der Waals surface area contributed by atoms with E-state index in [4.69, 9.17) is 0 Å². The van der Waals surface area contributed by atoms with Crippen molar-refractivity contribution in [3.63, 3.8) is 0 Å². The number of nitrogens with zero attached hydrogens (tertiary/aromatic N) is 4. The molecule has 25 heavy (non-hydrogen) atoms. The van der Waals surface area contributed by atoms with Crippen molar-refractivity contribution in [2.24, 2.45) is 0 Å². The zero-order chi connectivity index (χ0) is 18.1. The van der Waals surface area contributed by atoms with Gasteiger partial charge >= 0.3 is 6.18 Å². The lowest BCUT2D eigenvalue weighted by Gasteiger charge is -2.08. The molecule has 0 saturated heterocycles. The topological polar surface area (TPSA) is 101 Å². The predicted octanol–water partition coefficient (Wildman–Crippen LogP) is 1.59. The van der Waals surface area contributed by atoms with E-state index >= 15 is 0 Å². The molecule has 3 aromatic heterocycles. The summed E-state index contributed by atoms with van der Waals surface area (Å²) in [7, 11) is -3.59. The summed E-state index contributed by atoms with van der Waals surface area (Å²) in [5, 5.41) is 14.6. The van der Waals surface area contributed by atoms with Crippen molar-refractivity contribution >= 4 is 32.8 Å². The van der Waals surface area contributed by atoms with E-state index in [0.717, 1.165) is 11.3 Å². The molecule has 0 aliphatic rings. The summed E-state index contributed by atoms with van der Waals surface area (Å²) < 4.78 is 65.4. The maximum atomic E-state index is 12.8.